The van der Waals surface area contributed by atoms with Crippen LogP contribution < -0.4 is 24.4 Å². The summed E-state index contributed by atoms with van der Waals surface area (Å²) in [4.78, 5) is 14.6. The average molecular weight is 356 g/mol. The SMILES string of the molecule is COc1ccc(N2CCCC2)cc1NC(=O)COc1ccccc1OC. The van der Waals surface area contributed by atoms with Crippen molar-refractivity contribution in [3.63, 3.8) is 0 Å². The summed E-state index contributed by atoms with van der Waals surface area (Å²) < 4.78 is 16.2. The van der Waals surface area contributed by atoms with Crippen LogP contribution in [0.4, 0.5) is 11.4 Å². The van der Waals surface area contributed by atoms with E-state index in [1.54, 1.807) is 26.4 Å². The summed E-state index contributed by atoms with van der Waals surface area (Å²) in [7, 11) is 3.16. The Morgan fingerprint density at radius 3 is 2.38 bits per heavy atom. The number of hydrogen-bond donors (Lipinski definition) is 1. The average Bonchev–Trinajstić information content (AvgIpc) is 3.21. The topological polar surface area (TPSA) is 60.0 Å². The molecule has 0 aromatic heterocycles. The van der Waals surface area contributed by atoms with Crippen molar-refractivity contribution in [2.24, 2.45) is 0 Å². The zero-order valence-corrected chi connectivity index (χ0v) is 15.2. The standard InChI is InChI=1S/C20H24N2O4/c1-24-17-10-9-15(22-11-5-6-12-22)13-16(17)21-20(23)14-26-19-8-4-3-7-18(19)25-2/h3-4,7-10,13H,5-6,11-12,14H2,1-2H3,(H,21,23). The minimum Gasteiger partial charge on any atom is -0.495 e. The van der Waals surface area contributed by atoms with E-state index in [1.165, 1.54) is 12.8 Å². The van der Waals surface area contributed by atoms with Crippen LogP contribution in [0.5, 0.6) is 17.2 Å². The number of methoxy groups -OCH3 is 2. The number of carbonyl (C=O) groups is 1. The summed E-state index contributed by atoms with van der Waals surface area (Å²) in [5, 5.41) is 2.88. The molecule has 2 aromatic rings. The smallest absolute Gasteiger partial charge is 0.262 e. The molecular weight excluding hydrogens is 332 g/mol. The second-order valence-corrected chi connectivity index (χ2v) is 6.07. The summed E-state index contributed by atoms with van der Waals surface area (Å²) in [5.41, 5.74) is 1.73. The lowest BCUT2D eigenvalue weighted by Crippen LogP contribution is -2.22. The number of nitrogens with zero attached hydrogens (tertiary/aromatic N) is 1. The van der Waals surface area contributed by atoms with Gasteiger partial charge in [-0.15, -0.1) is 0 Å². The molecule has 1 fully saturated rings. The number of amides is 1. The highest BCUT2D eigenvalue weighted by molar-refractivity contribution is 5.94. The molecule has 0 radical (unpaired) electrons. The number of benzene rings is 2. The fraction of sp³-hybridized carbons (Fsp3) is 0.350. The highest BCUT2D eigenvalue weighted by atomic mass is 16.5. The third-order valence-electron chi connectivity index (χ3n) is 4.36. The summed E-state index contributed by atoms with van der Waals surface area (Å²) in [5.74, 6) is 1.49. The number of rotatable bonds is 7. The van der Waals surface area contributed by atoms with E-state index in [9.17, 15) is 4.79 Å². The Bertz CT molecular complexity index is 757. The molecule has 1 heterocycles. The zero-order valence-electron chi connectivity index (χ0n) is 15.2. The first-order valence-corrected chi connectivity index (χ1v) is 8.70. The molecule has 138 valence electrons. The van der Waals surface area contributed by atoms with Gasteiger partial charge in [-0.05, 0) is 43.2 Å². The third kappa shape index (κ3) is 4.20. The van der Waals surface area contributed by atoms with Gasteiger partial charge >= 0.3 is 0 Å². The predicted molar refractivity (Wildman–Crippen MR) is 102 cm³/mol. The molecule has 0 unspecified atom stereocenters. The Balaban J connectivity index is 1.66. The summed E-state index contributed by atoms with van der Waals surface area (Å²) in [6.07, 6.45) is 2.39. The normalized spacial score (nSPS) is 13.4. The predicted octanol–water partition coefficient (Wildman–Crippen LogP) is 3.32. The number of ether oxygens (including phenoxy) is 3. The number of nitrogens with one attached hydrogen (secondary N) is 1. The van der Waals surface area contributed by atoms with Gasteiger partial charge in [-0.1, -0.05) is 12.1 Å². The van der Waals surface area contributed by atoms with Gasteiger partial charge in [0.05, 0.1) is 19.9 Å². The fourth-order valence-corrected chi connectivity index (χ4v) is 3.03. The molecule has 0 bridgehead atoms. The lowest BCUT2D eigenvalue weighted by molar-refractivity contribution is -0.118. The van der Waals surface area contributed by atoms with Crippen LogP contribution in [-0.4, -0.2) is 39.8 Å². The number of anilines is 2. The highest BCUT2D eigenvalue weighted by Crippen LogP contribution is 2.31. The first kappa shape index (κ1) is 17.9. The van der Waals surface area contributed by atoms with Crippen molar-refractivity contribution >= 4 is 17.3 Å². The minimum absolute atomic E-state index is 0.114. The Morgan fingerprint density at radius 2 is 1.69 bits per heavy atom. The molecule has 1 amide bonds. The summed E-state index contributed by atoms with van der Waals surface area (Å²) in [6, 6.07) is 13.1. The molecule has 1 saturated heterocycles. The van der Waals surface area contributed by atoms with Crippen LogP contribution in [0.25, 0.3) is 0 Å². The Kier molecular flexibility index (Phi) is 5.84. The summed E-state index contributed by atoms with van der Waals surface area (Å²) >= 11 is 0. The highest BCUT2D eigenvalue weighted by Gasteiger charge is 2.16. The van der Waals surface area contributed by atoms with Gasteiger partial charge in [0.15, 0.2) is 18.1 Å². The van der Waals surface area contributed by atoms with Gasteiger partial charge < -0.3 is 24.4 Å². The van der Waals surface area contributed by atoms with E-state index in [2.05, 4.69) is 10.2 Å². The van der Waals surface area contributed by atoms with Gasteiger partial charge in [0, 0.05) is 18.8 Å². The van der Waals surface area contributed by atoms with Gasteiger partial charge in [-0.25, -0.2) is 0 Å². The maximum Gasteiger partial charge on any atom is 0.262 e. The van der Waals surface area contributed by atoms with Crippen LogP contribution in [0.3, 0.4) is 0 Å². The van der Waals surface area contributed by atoms with Crippen LogP contribution in [0.1, 0.15) is 12.8 Å². The van der Waals surface area contributed by atoms with Gasteiger partial charge in [0.2, 0.25) is 0 Å². The molecule has 0 saturated carbocycles. The molecule has 6 nitrogen and oxygen atoms in total. The lowest BCUT2D eigenvalue weighted by atomic mass is 10.2. The maximum absolute atomic E-state index is 12.3. The molecule has 0 atom stereocenters. The van der Waals surface area contributed by atoms with E-state index in [0.717, 1.165) is 18.8 Å². The molecule has 3 rings (SSSR count). The van der Waals surface area contributed by atoms with Crippen LogP contribution >= 0.6 is 0 Å². The van der Waals surface area contributed by atoms with E-state index in [0.29, 0.717) is 22.9 Å². The van der Waals surface area contributed by atoms with Crippen molar-refractivity contribution in [3.8, 4) is 17.2 Å². The Morgan fingerprint density at radius 1 is 1.00 bits per heavy atom. The van der Waals surface area contributed by atoms with Crippen LogP contribution in [0.2, 0.25) is 0 Å². The first-order valence-electron chi connectivity index (χ1n) is 8.70. The molecule has 0 spiro atoms. The molecule has 6 heteroatoms. The number of para-hydroxylation sites is 2. The second-order valence-electron chi connectivity index (χ2n) is 6.07. The van der Waals surface area contributed by atoms with Gasteiger partial charge in [0.25, 0.3) is 5.91 Å². The van der Waals surface area contributed by atoms with Gasteiger partial charge in [-0.2, -0.15) is 0 Å². The fourth-order valence-electron chi connectivity index (χ4n) is 3.03. The first-order chi connectivity index (χ1) is 12.7. The van der Waals surface area contributed by atoms with E-state index in [-0.39, 0.29) is 12.5 Å². The molecule has 1 aliphatic rings. The second kappa shape index (κ2) is 8.47. The van der Waals surface area contributed by atoms with Crippen LogP contribution in [0, 0.1) is 0 Å². The van der Waals surface area contributed by atoms with Crippen LogP contribution in [0.15, 0.2) is 42.5 Å². The number of hydrogen-bond acceptors (Lipinski definition) is 5. The largest absolute Gasteiger partial charge is 0.495 e. The Hall–Kier alpha value is -2.89. The van der Waals surface area contributed by atoms with Crippen molar-refractivity contribution < 1.29 is 19.0 Å². The quantitative estimate of drug-likeness (QED) is 0.825. The van der Waals surface area contributed by atoms with Crippen LogP contribution in [-0.2, 0) is 4.79 Å². The van der Waals surface area contributed by atoms with Crippen molar-refractivity contribution in [1.29, 1.82) is 0 Å². The van der Waals surface area contributed by atoms with E-state index < -0.39 is 0 Å². The van der Waals surface area contributed by atoms with E-state index in [1.807, 2.05) is 30.3 Å². The lowest BCUT2D eigenvalue weighted by Gasteiger charge is -2.20. The molecule has 1 N–H and O–H groups in total. The monoisotopic (exact) mass is 356 g/mol. The number of carbonyl (C=O) groups excluding carboxylic acids is 1. The van der Waals surface area contributed by atoms with Gasteiger partial charge in [0.1, 0.15) is 5.75 Å². The minimum atomic E-state index is -0.257. The molecule has 1 aliphatic heterocycles. The molecule has 26 heavy (non-hydrogen) atoms. The maximum atomic E-state index is 12.3. The van der Waals surface area contributed by atoms with Crippen molar-refractivity contribution in [1.82, 2.24) is 0 Å². The van der Waals surface area contributed by atoms with Crippen molar-refractivity contribution in [2.45, 2.75) is 12.8 Å². The summed E-state index contributed by atoms with van der Waals surface area (Å²) in [6.45, 7) is 1.96. The molecular formula is C20H24N2O4. The van der Waals surface area contributed by atoms with E-state index in [4.69, 9.17) is 14.2 Å². The Labute approximate surface area is 153 Å². The third-order valence-corrected chi connectivity index (χ3v) is 4.36. The van der Waals surface area contributed by atoms with Crippen molar-refractivity contribution in [3.05, 3.63) is 42.5 Å². The van der Waals surface area contributed by atoms with Crippen molar-refractivity contribution in [2.75, 3.05) is 44.1 Å². The zero-order chi connectivity index (χ0) is 18.4. The van der Waals surface area contributed by atoms with Gasteiger partial charge in [-0.3, -0.25) is 4.79 Å². The molecule has 0 aliphatic carbocycles. The molecule has 2 aromatic carbocycles. The van der Waals surface area contributed by atoms with E-state index >= 15 is 0 Å².